The monoisotopic (exact) mass is 284 g/mol. The van der Waals surface area contributed by atoms with E-state index in [-0.39, 0.29) is 0 Å². The lowest BCUT2D eigenvalue weighted by Crippen LogP contribution is -2.29. The summed E-state index contributed by atoms with van der Waals surface area (Å²) in [7, 11) is -1.42. The highest BCUT2D eigenvalue weighted by atomic mass is 16.5. The van der Waals surface area contributed by atoms with E-state index < -0.39 is 7.12 Å². The van der Waals surface area contributed by atoms with E-state index in [1.165, 1.54) is 18.4 Å². The lowest BCUT2D eigenvalue weighted by Gasteiger charge is -2.08. The molecule has 0 saturated carbocycles. The van der Waals surface area contributed by atoms with Gasteiger partial charge in [-0.15, -0.1) is 0 Å². The van der Waals surface area contributed by atoms with Crippen molar-refractivity contribution in [3.05, 3.63) is 59.7 Å². The Morgan fingerprint density at radius 1 is 0.905 bits per heavy atom. The molecule has 4 heteroatoms. The van der Waals surface area contributed by atoms with Gasteiger partial charge in [0, 0.05) is 0 Å². The largest absolute Gasteiger partial charge is 0.489 e. The molecule has 0 fully saturated rings. The van der Waals surface area contributed by atoms with Crippen molar-refractivity contribution >= 4 is 12.6 Å². The van der Waals surface area contributed by atoms with Crippen molar-refractivity contribution in [3.63, 3.8) is 0 Å². The molecule has 2 N–H and O–H groups in total. The molecule has 2 aromatic carbocycles. The van der Waals surface area contributed by atoms with Crippen LogP contribution in [0.2, 0.25) is 0 Å². The molecule has 110 valence electrons. The summed E-state index contributed by atoms with van der Waals surface area (Å²) < 4.78 is 5.73. The Morgan fingerprint density at radius 3 is 2.10 bits per heavy atom. The van der Waals surface area contributed by atoms with Crippen molar-refractivity contribution in [2.75, 3.05) is 0 Å². The predicted octanol–water partition coefficient (Wildman–Crippen LogP) is 2.29. The number of hydrogen-bond donors (Lipinski definition) is 2. The highest BCUT2D eigenvalue weighted by Crippen LogP contribution is 2.15. The first-order valence-corrected chi connectivity index (χ1v) is 7.35. The maximum atomic E-state index is 9.03. The fourth-order valence-corrected chi connectivity index (χ4v) is 2.09. The quantitative estimate of drug-likeness (QED) is 0.767. The van der Waals surface area contributed by atoms with Crippen LogP contribution in [0.1, 0.15) is 30.9 Å². The van der Waals surface area contributed by atoms with Crippen molar-refractivity contribution in [1.29, 1.82) is 0 Å². The molecular weight excluding hydrogens is 263 g/mol. The van der Waals surface area contributed by atoms with Gasteiger partial charge in [-0.3, -0.25) is 0 Å². The molecule has 0 saturated heterocycles. The van der Waals surface area contributed by atoms with Gasteiger partial charge in [0.05, 0.1) is 0 Å². The first-order chi connectivity index (χ1) is 10.2. The van der Waals surface area contributed by atoms with Gasteiger partial charge in [0.25, 0.3) is 0 Å². The molecular formula is C17H21BO3. The molecule has 21 heavy (non-hydrogen) atoms. The molecule has 0 unspecified atom stereocenters. The SMILES string of the molecule is CCCCc1ccc(OCc2ccc(B(O)O)cc2)cc1. The molecule has 0 heterocycles. The Hall–Kier alpha value is -1.78. The summed E-state index contributed by atoms with van der Waals surface area (Å²) in [6.07, 6.45) is 3.53. The van der Waals surface area contributed by atoms with Gasteiger partial charge in [-0.05, 0) is 41.6 Å². The maximum absolute atomic E-state index is 9.03. The highest BCUT2D eigenvalue weighted by molar-refractivity contribution is 6.58. The molecule has 3 nitrogen and oxygen atoms in total. The summed E-state index contributed by atoms with van der Waals surface area (Å²) in [5, 5.41) is 18.1. The van der Waals surface area contributed by atoms with Gasteiger partial charge in [-0.25, -0.2) is 0 Å². The third-order valence-electron chi connectivity index (χ3n) is 3.43. The van der Waals surface area contributed by atoms with Gasteiger partial charge < -0.3 is 14.8 Å². The fraction of sp³-hybridized carbons (Fsp3) is 0.294. The second-order valence-electron chi connectivity index (χ2n) is 5.15. The maximum Gasteiger partial charge on any atom is 0.488 e. The minimum Gasteiger partial charge on any atom is -0.489 e. The van der Waals surface area contributed by atoms with E-state index in [1.807, 2.05) is 24.3 Å². The van der Waals surface area contributed by atoms with Gasteiger partial charge in [0.15, 0.2) is 0 Å². The summed E-state index contributed by atoms with van der Waals surface area (Å²) in [5.41, 5.74) is 2.82. The molecule has 2 aromatic rings. The zero-order chi connectivity index (χ0) is 15.1. The van der Waals surface area contributed by atoms with E-state index in [9.17, 15) is 0 Å². The molecule has 0 aliphatic rings. The molecule has 2 rings (SSSR count). The summed E-state index contributed by atoms with van der Waals surface area (Å²) in [6.45, 7) is 2.66. The first-order valence-electron chi connectivity index (χ1n) is 7.35. The van der Waals surface area contributed by atoms with E-state index >= 15 is 0 Å². The van der Waals surface area contributed by atoms with Crippen LogP contribution < -0.4 is 10.2 Å². The van der Waals surface area contributed by atoms with Crippen LogP contribution in [0.5, 0.6) is 5.75 Å². The molecule has 0 bridgehead atoms. The number of ether oxygens (including phenoxy) is 1. The molecule has 0 amide bonds. The van der Waals surface area contributed by atoms with Crippen molar-refractivity contribution < 1.29 is 14.8 Å². The molecule has 0 aliphatic heterocycles. The van der Waals surface area contributed by atoms with Gasteiger partial charge in [0.2, 0.25) is 0 Å². The van der Waals surface area contributed by atoms with Crippen molar-refractivity contribution in [2.45, 2.75) is 32.8 Å². The fourth-order valence-electron chi connectivity index (χ4n) is 2.09. The lowest BCUT2D eigenvalue weighted by atomic mass is 9.80. The smallest absolute Gasteiger partial charge is 0.488 e. The number of unbranched alkanes of at least 4 members (excludes halogenated alkanes) is 1. The molecule has 0 radical (unpaired) electrons. The van der Waals surface area contributed by atoms with Crippen LogP contribution in [0.25, 0.3) is 0 Å². The van der Waals surface area contributed by atoms with E-state index in [4.69, 9.17) is 14.8 Å². The van der Waals surface area contributed by atoms with Crippen LogP contribution in [0, 0.1) is 0 Å². The van der Waals surface area contributed by atoms with Crippen LogP contribution in [0.15, 0.2) is 48.5 Å². The second kappa shape index (κ2) is 7.86. The van der Waals surface area contributed by atoms with Gasteiger partial charge >= 0.3 is 7.12 Å². The van der Waals surface area contributed by atoms with Gasteiger partial charge in [-0.1, -0.05) is 49.7 Å². The van der Waals surface area contributed by atoms with E-state index in [0.717, 1.165) is 17.7 Å². The molecule has 0 spiro atoms. The lowest BCUT2D eigenvalue weighted by molar-refractivity contribution is 0.306. The van der Waals surface area contributed by atoms with Crippen LogP contribution in [0.4, 0.5) is 0 Å². The second-order valence-corrected chi connectivity index (χ2v) is 5.15. The van der Waals surface area contributed by atoms with Crippen LogP contribution in [0.3, 0.4) is 0 Å². The van der Waals surface area contributed by atoms with Crippen molar-refractivity contribution in [1.82, 2.24) is 0 Å². The van der Waals surface area contributed by atoms with E-state index in [2.05, 4.69) is 19.1 Å². The third-order valence-corrected chi connectivity index (χ3v) is 3.43. The van der Waals surface area contributed by atoms with E-state index in [0.29, 0.717) is 12.1 Å². The standard InChI is InChI=1S/C17H21BO3/c1-2-3-4-14-7-11-17(12-8-14)21-13-15-5-9-16(10-6-15)18(19)20/h5-12,19-20H,2-4,13H2,1H3. The number of hydrogen-bond acceptors (Lipinski definition) is 3. The van der Waals surface area contributed by atoms with Crippen LogP contribution in [-0.4, -0.2) is 17.2 Å². The first kappa shape index (κ1) is 15.6. The Labute approximate surface area is 126 Å². The average Bonchev–Trinajstić information content (AvgIpc) is 2.52. The predicted molar refractivity (Wildman–Crippen MR) is 85.7 cm³/mol. The Morgan fingerprint density at radius 2 is 1.52 bits per heavy atom. The Balaban J connectivity index is 1.87. The van der Waals surface area contributed by atoms with E-state index in [1.54, 1.807) is 12.1 Å². The summed E-state index contributed by atoms with van der Waals surface area (Å²) in [6, 6.07) is 15.3. The van der Waals surface area contributed by atoms with Gasteiger partial charge in [0.1, 0.15) is 12.4 Å². The summed E-state index contributed by atoms with van der Waals surface area (Å²) >= 11 is 0. The van der Waals surface area contributed by atoms with Crippen LogP contribution >= 0.6 is 0 Å². The summed E-state index contributed by atoms with van der Waals surface area (Å²) in [5.74, 6) is 0.849. The zero-order valence-corrected chi connectivity index (χ0v) is 12.3. The zero-order valence-electron chi connectivity index (χ0n) is 12.3. The Kier molecular flexibility index (Phi) is 5.84. The summed E-state index contributed by atoms with van der Waals surface area (Å²) in [4.78, 5) is 0. The van der Waals surface area contributed by atoms with Crippen molar-refractivity contribution in [2.24, 2.45) is 0 Å². The number of rotatable bonds is 7. The topological polar surface area (TPSA) is 49.7 Å². The average molecular weight is 284 g/mol. The van der Waals surface area contributed by atoms with Crippen LogP contribution in [-0.2, 0) is 13.0 Å². The highest BCUT2D eigenvalue weighted by Gasteiger charge is 2.09. The van der Waals surface area contributed by atoms with Gasteiger partial charge in [-0.2, -0.15) is 0 Å². The molecule has 0 aromatic heterocycles. The third kappa shape index (κ3) is 4.92. The number of benzene rings is 2. The minimum absolute atomic E-state index is 0.468. The molecule has 0 aliphatic carbocycles. The van der Waals surface area contributed by atoms with Crippen molar-refractivity contribution in [3.8, 4) is 5.75 Å². The normalized spacial score (nSPS) is 10.4. The minimum atomic E-state index is -1.42. The Bertz CT molecular complexity index is 535. The number of aryl methyl sites for hydroxylation is 1. The molecule has 0 atom stereocenters.